The Balaban J connectivity index is 1.72. The van der Waals surface area contributed by atoms with Gasteiger partial charge in [-0.3, -0.25) is 4.79 Å². The van der Waals surface area contributed by atoms with E-state index in [-0.39, 0.29) is 33.9 Å². The highest BCUT2D eigenvalue weighted by Gasteiger charge is 2.69. The SMILES string of the molecule is C=C(C)[C@@H]1CC[C@]2(COC(C)=O)CC[C@]3(C)[C@H](CC[C@@H]4[C@@](C)(CCC(OC)OC)[C@H](C(=C)C)CC[C@]43C)[C@@H]12. The van der Waals surface area contributed by atoms with Crippen LogP contribution in [0.3, 0.4) is 0 Å². The molecule has 0 unspecified atom stereocenters. The van der Waals surface area contributed by atoms with E-state index >= 15 is 0 Å². The molecular formula is C34H56O4. The Morgan fingerprint density at radius 3 is 2.13 bits per heavy atom. The maximum atomic E-state index is 11.9. The standard InChI is InChI=1S/C34H56O4/c1-22(2)25-13-18-34(21-38-24(5)35)20-19-32(7)27(30(25)34)11-12-28-31(6,16-15-29(36-9)37-10)26(23(3)4)14-17-33(28,32)8/h25-30H,1,3,11-21H2,2,4-10H3/t25-,26-,27+,28+,30+,31-,32+,33+,34+/m0/s1. The van der Waals surface area contributed by atoms with Crippen LogP contribution in [-0.2, 0) is 19.0 Å². The van der Waals surface area contributed by atoms with E-state index in [1.54, 1.807) is 21.1 Å². The van der Waals surface area contributed by atoms with Gasteiger partial charge in [-0.15, -0.1) is 0 Å². The molecule has 4 saturated carbocycles. The molecule has 0 radical (unpaired) electrons. The van der Waals surface area contributed by atoms with E-state index in [9.17, 15) is 4.79 Å². The summed E-state index contributed by atoms with van der Waals surface area (Å²) in [5, 5.41) is 0. The average molecular weight is 529 g/mol. The Hall–Kier alpha value is -1.13. The Kier molecular flexibility index (Phi) is 8.40. The van der Waals surface area contributed by atoms with Crippen LogP contribution in [0.1, 0.15) is 106 Å². The lowest BCUT2D eigenvalue weighted by molar-refractivity contribution is -0.223. The molecule has 0 bridgehead atoms. The summed E-state index contributed by atoms with van der Waals surface area (Å²) in [5.41, 5.74) is 3.50. The molecule has 0 aromatic heterocycles. The van der Waals surface area contributed by atoms with E-state index in [2.05, 4.69) is 47.8 Å². The normalized spacial score (nSPS) is 44.2. The van der Waals surface area contributed by atoms with Gasteiger partial charge in [0.25, 0.3) is 0 Å². The third kappa shape index (κ3) is 4.54. The molecule has 4 heteroatoms. The Morgan fingerprint density at radius 2 is 1.55 bits per heavy atom. The lowest BCUT2D eigenvalue weighted by Crippen LogP contribution is -2.64. The zero-order chi connectivity index (χ0) is 28.1. The van der Waals surface area contributed by atoms with Crippen LogP contribution in [0, 0.1) is 51.2 Å². The van der Waals surface area contributed by atoms with Crippen molar-refractivity contribution >= 4 is 5.97 Å². The molecule has 4 aliphatic rings. The topological polar surface area (TPSA) is 44.8 Å². The summed E-state index contributed by atoms with van der Waals surface area (Å²) in [6, 6.07) is 0. The van der Waals surface area contributed by atoms with Crippen molar-refractivity contribution < 1.29 is 19.0 Å². The van der Waals surface area contributed by atoms with Crippen molar-refractivity contribution in [1.29, 1.82) is 0 Å². The fourth-order valence-electron chi connectivity index (χ4n) is 11.1. The first-order valence-electron chi connectivity index (χ1n) is 15.3. The molecule has 0 saturated heterocycles. The number of hydrogen-bond acceptors (Lipinski definition) is 4. The molecule has 4 aliphatic carbocycles. The van der Waals surface area contributed by atoms with E-state index in [4.69, 9.17) is 14.2 Å². The summed E-state index contributed by atoms with van der Waals surface area (Å²) >= 11 is 0. The second kappa shape index (κ2) is 10.7. The minimum Gasteiger partial charge on any atom is -0.465 e. The molecule has 0 aromatic carbocycles. The molecule has 0 aliphatic heterocycles. The van der Waals surface area contributed by atoms with Gasteiger partial charge < -0.3 is 14.2 Å². The van der Waals surface area contributed by atoms with E-state index < -0.39 is 0 Å². The first kappa shape index (κ1) is 29.8. The predicted molar refractivity (Wildman–Crippen MR) is 154 cm³/mol. The van der Waals surface area contributed by atoms with Gasteiger partial charge in [-0.25, -0.2) is 0 Å². The molecule has 0 amide bonds. The molecule has 9 atom stereocenters. The van der Waals surface area contributed by atoms with Gasteiger partial charge in [-0.05, 0) is 124 Å². The zero-order valence-corrected chi connectivity index (χ0v) is 25.8. The van der Waals surface area contributed by atoms with Crippen LogP contribution in [0.25, 0.3) is 0 Å². The van der Waals surface area contributed by atoms with E-state index in [0.29, 0.717) is 36.2 Å². The molecule has 4 fully saturated rings. The van der Waals surface area contributed by atoms with Gasteiger partial charge in [0.2, 0.25) is 0 Å². The number of methoxy groups -OCH3 is 2. The van der Waals surface area contributed by atoms with Crippen LogP contribution >= 0.6 is 0 Å². The molecule has 0 N–H and O–H groups in total. The van der Waals surface area contributed by atoms with Gasteiger partial charge in [-0.1, -0.05) is 45.1 Å². The monoisotopic (exact) mass is 528 g/mol. The summed E-state index contributed by atoms with van der Waals surface area (Å²) in [4.78, 5) is 11.9. The first-order valence-corrected chi connectivity index (χ1v) is 15.3. The van der Waals surface area contributed by atoms with Crippen LogP contribution in [0.15, 0.2) is 24.3 Å². The third-order valence-corrected chi connectivity index (χ3v) is 13.1. The lowest BCUT2D eigenvalue weighted by atomic mass is 9.34. The summed E-state index contributed by atoms with van der Waals surface area (Å²) < 4.78 is 17.1. The minimum atomic E-state index is -0.149. The van der Waals surface area contributed by atoms with Crippen molar-refractivity contribution in [1.82, 2.24) is 0 Å². The smallest absolute Gasteiger partial charge is 0.302 e. The molecular weight excluding hydrogens is 472 g/mol. The van der Waals surface area contributed by atoms with E-state index in [1.165, 1.54) is 62.5 Å². The summed E-state index contributed by atoms with van der Waals surface area (Å²) in [6.07, 6.45) is 11.7. The Labute approximate surface area is 233 Å². The fraction of sp³-hybridized carbons (Fsp3) is 0.853. The number of rotatable bonds is 9. The van der Waals surface area contributed by atoms with Crippen LogP contribution in [0.5, 0.6) is 0 Å². The third-order valence-electron chi connectivity index (χ3n) is 13.1. The number of ether oxygens (including phenoxy) is 3. The molecule has 4 rings (SSSR count). The first-order chi connectivity index (χ1) is 17.8. The number of carbonyl (C=O) groups is 1. The highest BCUT2D eigenvalue weighted by molar-refractivity contribution is 5.65. The van der Waals surface area contributed by atoms with Crippen molar-refractivity contribution in [2.24, 2.45) is 51.2 Å². The zero-order valence-electron chi connectivity index (χ0n) is 25.8. The maximum absolute atomic E-state index is 11.9. The van der Waals surface area contributed by atoms with Crippen molar-refractivity contribution in [3.05, 3.63) is 24.3 Å². The second-order valence-electron chi connectivity index (χ2n) is 14.6. The van der Waals surface area contributed by atoms with Crippen LogP contribution in [0.2, 0.25) is 0 Å². The number of fused-ring (bicyclic) bond motifs is 5. The molecule has 216 valence electrons. The largest absolute Gasteiger partial charge is 0.465 e. The molecule has 38 heavy (non-hydrogen) atoms. The Bertz CT molecular complexity index is 921. The van der Waals surface area contributed by atoms with Gasteiger partial charge in [-0.2, -0.15) is 0 Å². The van der Waals surface area contributed by atoms with Crippen LogP contribution in [0.4, 0.5) is 0 Å². The summed E-state index contributed by atoms with van der Waals surface area (Å²) in [5.74, 6) is 2.79. The Morgan fingerprint density at radius 1 is 0.868 bits per heavy atom. The summed E-state index contributed by atoms with van der Waals surface area (Å²) in [6.45, 7) is 23.5. The highest BCUT2D eigenvalue weighted by Crippen LogP contribution is 2.76. The van der Waals surface area contributed by atoms with Crippen molar-refractivity contribution in [3.63, 3.8) is 0 Å². The molecule has 0 spiro atoms. The van der Waals surface area contributed by atoms with E-state index in [1.807, 2.05) is 0 Å². The lowest BCUT2D eigenvalue weighted by Gasteiger charge is -2.71. The van der Waals surface area contributed by atoms with Crippen LogP contribution in [-0.4, -0.2) is 33.1 Å². The highest BCUT2D eigenvalue weighted by atomic mass is 16.7. The van der Waals surface area contributed by atoms with Gasteiger partial charge >= 0.3 is 5.97 Å². The van der Waals surface area contributed by atoms with Crippen molar-refractivity contribution in [3.8, 4) is 0 Å². The number of carbonyl (C=O) groups excluding carboxylic acids is 1. The average Bonchev–Trinajstić information content (AvgIpc) is 3.24. The predicted octanol–water partition coefficient (Wildman–Crippen LogP) is 8.36. The van der Waals surface area contributed by atoms with Crippen LogP contribution < -0.4 is 0 Å². The minimum absolute atomic E-state index is 0.116. The number of allylic oxidation sites excluding steroid dienone is 2. The van der Waals surface area contributed by atoms with Gasteiger partial charge in [0.05, 0.1) is 6.61 Å². The molecule has 0 heterocycles. The maximum Gasteiger partial charge on any atom is 0.302 e. The van der Waals surface area contributed by atoms with Crippen molar-refractivity contribution in [2.75, 3.05) is 20.8 Å². The van der Waals surface area contributed by atoms with Crippen molar-refractivity contribution in [2.45, 2.75) is 112 Å². The second-order valence-corrected chi connectivity index (χ2v) is 14.6. The molecule has 4 nitrogen and oxygen atoms in total. The van der Waals surface area contributed by atoms with Gasteiger partial charge in [0.1, 0.15) is 0 Å². The number of hydrogen-bond donors (Lipinski definition) is 0. The quantitative estimate of drug-likeness (QED) is 0.171. The van der Waals surface area contributed by atoms with Gasteiger partial charge in [0.15, 0.2) is 6.29 Å². The summed E-state index contributed by atoms with van der Waals surface area (Å²) in [7, 11) is 3.52. The van der Waals surface area contributed by atoms with E-state index in [0.717, 1.165) is 12.8 Å². The fourth-order valence-corrected chi connectivity index (χ4v) is 11.1. The van der Waals surface area contributed by atoms with Gasteiger partial charge in [0, 0.05) is 26.6 Å². The molecule has 0 aromatic rings. The number of esters is 1.